The minimum absolute atomic E-state index is 0.166. The Morgan fingerprint density at radius 3 is 2.83 bits per heavy atom. The molecule has 1 atom stereocenters. The number of hydrogen-bond acceptors (Lipinski definition) is 7. The number of nitrogens with one attached hydrogen (secondary N) is 2. The predicted molar refractivity (Wildman–Crippen MR) is 131 cm³/mol. The summed E-state index contributed by atoms with van der Waals surface area (Å²) in [6.07, 6.45) is 2.29. The molecule has 1 aliphatic heterocycles. The third-order valence-corrected chi connectivity index (χ3v) is 6.53. The van der Waals surface area contributed by atoms with E-state index in [1.165, 1.54) is 11.3 Å². The quantitative estimate of drug-likeness (QED) is 0.348. The highest BCUT2D eigenvalue weighted by Crippen LogP contribution is 2.32. The Morgan fingerprint density at radius 1 is 1.20 bits per heavy atom. The van der Waals surface area contributed by atoms with Crippen LogP contribution in [0.3, 0.4) is 0 Å². The second kappa shape index (κ2) is 9.77. The summed E-state index contributed by atoms with van der Waals surface area (Å²) in [6.45, 7) is 2.20. The number of ether oxygens (including phenoxy) is 2. The molecule has 180 valence electrons. The molecule has 0 saturated carbocycles. The number of hydrogen-bond donors (Lipinski definition) is 3. The van der Waals surface area contributed by atoms with Gasteiger partial charge in [0.1, 0.15) is 11.4 Å². The largest absolute Gasteiger partial charge is 0.454 e. The van der Waals surface area contributed by atoms with E-state index in [0.717, 1.165) is 11.1 Å². The number of aromatic nitrogens is 2. The standard InChI is InChI=1S/C25H24N4O5S/c1-2-17(12-30)27-25(32)22-21(16-7-9-35-13-16)28-23-18(4-3-8-29(22)23)24(31)26-11-15-5-6-19-20(10-15)34-14-33-19/h3-10,13,17,30H,2,11-12,14H2,1H3,(H,26,31)(H,27,32)/t17-/m0/s1. The number of aliphatic hydroxyl groups is 1. The monoisotopic (exact) mass is 492 g/mol. The van der Waals surface area contributed by atoms with E-state index in [0.29, 0.717) is 40.5 Å². The highest BCUT2D eigenvalue weighted by Gasteiger charge is 2.25. The summed E-state index contributed by atoms with van der Waals surface area (Å²) in [7, 11) is 0. The SMILES string of the molecule is CC[C@@H](CO)NC(=O)c1c(-c2ccsc2)nc2c(C(=O)NCc3ccc4c(c3)OCO4)cccn12. The van der Waals surface area contributed by atoms with Crippen LogP contribution in [-0.4, -0.2) is 45.7 Å². The maximum atomic E-state index is 13.2. The third-order valence-electron chi connectivity index (χ3n) is 5.84. The van der Waals surface area contributed by atoms with E-state index in [-0.39, 0.29) is 37.8 Å². The van der Waals surface area contributed by atoms with Crippen molar-refractivity contribution in [2.45, 2.75) is 25.9 Å². The highest BCUT2D eigenvalue weighted by molar-refractivity contribution is 7.08. The molecule has 10 heteroatoms. The number of rotatable bonds is 8. The van der Waals surface area contributed by atoms with Gasteiger partial charge in [0.15, 0.2) is 17.1 Å². The Labute approximate surface area is 205 Å². The van der Waals surface area contributed by atoms with Gasteiger partial charge in [-0.25, -0.2) is 4.98 Å². The number of imidazole rings is 1. The van der Waals surface area contributed by atoms with E-state index in [1.54, 1.807) is 22.7 Å². The molecule has 1 aromatic carbocycles. The number of carbonyl (C=O) groups excluding carboxylic acids is 2. The van der Waals surface area contributed by atoms with Gasteiger partial charge in [-0.05, 0) is 47.7 Å². The molecule has 0 fully saturated rings. The zero-order valence-electron chi connectivity index (χ0n) is 19.0. The number of thiophene rings is 1. The molecule has 0 unspecified atom stereocenters. The molecule has 2 amide bonds. The van der Waals surface area contributed by atoms with Crippen molar-refractivity contribution < 1.29 is 24.2 Å². The smallest absolute Gasteiger partial charge is 0.270 e. The van der Waals surface area contributed by atoms with Crippen LogP contribution in [0.25, 0.3) is 16.9 Å². The second-order valence-corrected chi connectivity index (χ2v) is 8.85. The summed E-state index contributed by atoms with van der Waals surface area (Å²) < 4.78 is 12.4. The molecular weight excluding hydrogens is 468 g/mol. The first-order valence-corrected chi connectivity index (χ1v) is 12.2. The minimum atomic E-state index is -0.378. The lowest BCUT2D eigenvalue weighted by Gasteiger charge is -2.14. The van der Waals surface area contributed by atoms with Crippen LogP contribution in [0.15, 0.2) is 53.4 Å². The van der Waals surface area contributed by atoms with Gasteiger partial charge in [-0.1, -0.05) is 13.0 Å². The number of fused-ring (bicyclic) bond motifs is 2. The predicted octanol–water partition coefficient (Wildman–Crippen LogP) is 3.22. The van der Waals surface area contributed by atoms with Gasteiger partial charge in [0.05, 0.1) is 18.2 Å². The molecule has 0 radical (unpaired) electrons. The van der Waals surface area contributed by atoms with Gasteiger partial charge in [-0.3, -0.25) is 14.0 Å². The summed E-state index contributed by atoms with van der Waals surface area (Å²) in [5, 5.41) is 19.1. The number of pyridine rings is 1. The zero-order valence-corrected chi connectivity index (χ0v) is 19.8. The lowest BCUT2D eigenvalue weighted by molar-refractivity contribution is 0.0907. The van der Waals surface area contributed by atoms with Crippen molar-refractivity contribution in [2.75, 3.05) is 13.4 Å². The van der Waals surface area contributed by atoms with Crippen LogP contribution < -0.4 is 20.1 Å². The van der Waals surface area contributed by atoms with Gasteiger partial charge in [-0.2, -0.15) is 11.3 Å². The van der Waals surface area contributed by atoms with Crippen molar-refractivity contribution >= 4 is 28.8 Å². The van der Waals surface area contributed by atoms with Crippen molar-refractivity contribution in [2.24, 2.45) is 0 Å². The van der Waals surface area contributed by atoms with Crippen molar-refractivity contribution in [3.8, 4) is 22.8 Å². The number of aliphatic hydroxyl groups excluding tert-OH is 1. The Balaban J connectivity index is 1.47. The number of nitrogens with zero attached hydrogens (tertiary/aromatic N) is 2. The van der Waals surface area contributed by atoms with Crippen LogP contribution in [0.4, 0.5) is 0 Å². The topological polar surface area (TPSA) is 114 Å². The number of amides is 2. The van der Waals surface area contributed by atoms with Crippen LogP contribution >= 0.6 is 11.3 Å². The van der Waals surface area contributed by atoms with Gasteiger partial charge < -0.3 is 25.2 Å². The van der Waals surface area contributed by atoms with E-state index < -0.39 is 0 Å². The fraction of sp³-hybridized carbons (Fsp3) is 0.240. The lowest BCUT2D eigenvalue weighted by Crippen LogP contribution is -2.37. The van der Waals surface area contributed by atoms with Crippen LogP contribution in [-0.2, 0) is 6.54 Å². The third kappa shape index (κ3) is 4.45. The molecule has 3 aromatic heterocycles. The average molecular weight is 493 g/mol. The zero-order chi connectivity index (χ0) is 24.4. The van der Waals surface area contributed by atoms with E-state index in [4.69, 9.17) is 14.5 Å². The molecule has 4 aromatic rings. The summed E-state index contributed by atoms with van der Waals surface area (Å²) in [5.74, 6) is 0.651. The van der Waals surface area contributed by atoms with Crippen LogP contribution in [0.2, 0.25) is 0 Å². The Kier molecular flexibility index (Phi) is 6.39. The molecular formula is C25H24N4O5S. The van der Waals surface area contributed by atoms with E-state index in [1.807, 2.05) is 41.9 Å². The first-order chi connectivity index (χ1) is 17.1. The maximum Gasteiger partial charge on any atom is 0.270 e. The van der Waals surface area contributed by atoms with Crippen molar-refractivity contribution in [1.29, 1.82) is 0 Å². The van der Waals surface area contributed by atoms with Gasteiger partial charge in [0.2, 0.25) is 6.79 Å². The van der Waals surface area contributed by atoms with Gasteiger partial charge in [0, 0.05) is 23.7 Å². The molecule has 0 aliphatic carbocycles. The lowest BCUT2D eigenvalue weighted by atomic mass is 10.1. The molecule has 5 rings (SSSR count). The fourth-order valence-electron chi connectivity index (χ4n) is 3.92. The minimum Gasteiger partial charge on any atom is -0.454 e. The van der Waals surface area contributed by atoms with Crippen molar-refractivity contribution in [1.82, 2.24) is 20.0 Å². The Morgan fingerprint density at radius 2 is 2.06 bits per heavy atom. The second-order valence-electron chi connectivity index (χ2n) is 8.07. The highest BCUT2D eigenvalue weighted by atomic mass is 32.1. The van der Waals surface area contributed by atoms with E-state index in [2.05, 4.69) is 10.6 Å². The fourth-order valence-corrected chi connectivity index (χ4v) is 4.56. The van der Waals surface area contributed by atoms with Crippen LogP contribution in [0.1, 0.15) is 39.8 Å². The molecule has 0 saturated heterocycles. The van der Waals surface area contributed by atoms with Crippen LogP contribution in [0, 0.1) is 0 Å². The first-order valence-electron chi connectivity index (χ1n) is 11.2. The molecule has 3 N–H and O–H groups in total. The van der Waals surface area contributed by atoms with Gasteiger partial charge in [0.25, 0.3) is 11.8 Å². The molecule has 0 bridgehead atoms. The van der Waals surface area contributed by atoms with E-state index >= 15 is 0 Å². The molecule has 9 nitrogen and oxygen atoms in total. The molecule has 4 heterocycles. The maximum absolute atomic E-state index is 13.2. The Bertz CT molecular complexity index is 1380. The first kappa shape index (κ1) is 22.9. The molecule has 35 heavy (non-hydrogen) atoms. The van der Waals surface area contributed by atoms with E-state index in [9.17, 15) is 14.7 Å². The normalized spacial score (nSPS) is 13.1. The molecule has 0 spiro atoms. The molecule has 1 aliphatic rings. The van der Waals surface area contributed by atoms with Crippen molar-refractivity contribution in [3.05, 3.63) is 70.2 Å². The number of carbonyl (C=O) groups is 2. The van der Waals surface area contributed by atoms with Crippen LogP contribution in [0.5, 0.6) is 11.5 Å². The summed E-state index contributed by atoms with van der Waals surface area (Å²) in [6, 6.07) is 10.4. The summed E-state index contributed by atoms with van der Waals surface area (Å²) >= 11 is 1.49. The average Bonchev–Trinajstić information content (AvgIpc) is 3.64. The number of benzene rings is 1. The van der Waals surface area contributed by atoms with Gasteiger partial charge in [-0.15, -0.1) is 0 Å². The van der Waals surface area contributed by atoms with Crippen molar-refractivity contribution in [3.63, 3.8) is 0 Å². The summed E-state index contributed by atoms with van der Waals surface area (Å²) in [5.41, 5.74) is 3.17. The van der Waals surface area contributed by atoms with Gasteiger partial charge >= 0.3 is 0 Å². The summed E-state index contributed by atoms with van der Waals surface area (Å²) in [4.78, 5) is 31.1. The Hall–Kier alpha value is -3.89.